The minimum absolute atomic E-state index is 0.154. The average molecular weight is 286 g/mol. The second-order valence-corrected chi connectivity index (χ2v) is 5.64. The zero-order valence-electron chi connectivity index (χ0n) is 12.4. The molecule has 2 amide bonds. The molecular formula is C13H22N2O5. The van der Waals surface area contributed by atoms with Gasteiger partial charge in [0.25, 0.3) is 0 Å². The maximum absolute atomic E-state index is 12.0. The molecule has 1 aliphatic rings. The first-order valence-corrected chi connectivity index (χ1v) is 6.58. The largest absolute Gasteiger partial charge is 0.469 e. The van der Waals surface area contributed by atoms with Crippen molar-refractivity contribution in [3.8, 4) is 0 Å². The first-order valence-electron chi connectivity index (χ1n) is 6.58. The van der Waals surface area contributed by atoms with Gasteiger partial charge >= 0.3 is 12.1 Å². The van der Waals surface area contributed by atoms with Crippen LogP contribution in [-0.2, 0) is 19.1 Å². The van der Waals surface area contributed by atoms with Crippen LogP contribution in [0.15, 0.2) is 0 Å². The molecule has 0 saturated carbocycles. The highest BCUT2D eigenvalue weighted by Crippen LogP contribution is 2.13. The van der Waals surface area contributed by atoms with E-state index >= 15 is 0 Å². The van der Waals surface area contributed by atoms with Crippen LogP contribution >= 0.6 is 0 Å². The van der Waals surface area contributed by atoms with Crippen molar-refractivity contribution < 1.29 is 23.9 Å². The molecule has 0 aliphatic carbocycles. The summed E-state index contributed by atoms with van der Waals surface area (Å²) in [7, 11) is 1.31. The van der Waals surface area contributed by atoms with Crippen molar-refractivity contribution in [2.45, 2.75) is 45.3 Å². The van der Waals surface area contributed by atoms with E-state index in [1.54, 1.807) is 25.7 Å². The number of ether oxygens (including phenoxy) is 2. The molecule has 0 aromatic rings. The van der Waals surface area contributed by atoms with Gasteiger partial charge in [-0.05, 0) is 27.2 Å². The quantitative estimate of drug-likeness (QED) is 0.768. The van der Waals surface area contributed by atoms with E-state index in [-0.39, 0.29) is 18.3 Å². The molecule has 1 saturated heterocycles. The van der Waals surface area contributed by atoms with E-state index in [1.807, 2.05) is 0 Å². The van der Waals surface area contributed by atoms with Crippen molar-refractivity contribution in [3.05, 3.63) is 0 Å². The molecule has 0 spiro atoms. The predicted octanol–water partition coefficient (Wildman–Crippen LogP) is 0.675. The number of carbonyl (C=O) groups excluding carboxylic acids is 3. The first kappa shape index (κ1) is 16.3. The van der Waals surface area contributed by atoms with Crippen molar-refractivity contribution in [2.75, 3.05) is 20.2 Å². The molecule has 0 aromatic heterocycles. The minimum Gasteiger partial charge on any atom is -0.469 e. The monoisotopic (exact) mass is 286 g/mol. The number of hydrogen-bond acceptors (Lipinski definition) is 5. The SMILES string of the molecule is COC(=O)CCN1CC[C@@H](NC(=O)OC(C)(C)C)C1=O. The van der Waals surface area contributed by atoms with E-state index < -0.39 is 17.7 Å². The Labute approximate surface area is 118 Å². The Morgan fingerprint density at radius 2 is 2.05 bits per heavy atom. The summed E-state index contributed by atoms with van der Waals surface area (Å²) in [6, 6.07) is -0.581. The third kappa shape index (κ3) is 5.07. The molecule has 0 bridgehead atoms. The number of hydrogen-bond donors (Lipinski definition) is 1. The lowest BCUT2D eigenvalue weighted by molar-refractivity contribution is -0.141. The van der Waals surface area contributed by atoms with Crippen LogP contribution < -0.4 is 5.32 Å². The molecule has 0 aromatic carbocycles. The molecule has 7 nitrogen and oxygen atoms in total. The van der Waals surface area contributed by atoms with Gasteiger partial charge in [0.1, 0.15) is 11.6 Å². The molecule has 0 radical (unpaired) electrons. The Bertz CT molecular complexity index is 389. The molecular weight excluding hydrogens is 264 g/mol. The second-order valence-electron chi connectivity index (χ2n) is 5.64. The molecule has 114 valence electrons. The summed E-state index contributed by atoms with van der Waals surface area (Å²) < 4.78 is 9.63. The van der Waals surface area contributed by atoms with Crippen molar-refractivity contribution in [1.82, 2.24) is 10.2 Å². The molecule has 0 unspecified atom stereocenters. The summed E-state index contributed by atoms with van der Waals surface area (Å²) in [5.41, 5.74) is -0.601. The van der Waals surface area contributed by atoms with Gasteiger partial charge in [-0.25, -0.2) is 4.79 Å². The van der Waals surface area contributed by atoms with Crippen LogP contribution in [0.3, 0.4) is 0 Å². The van der Waals surface area contributed by atoms with Crippen molar-refractivity contribution in [3.63, 3.8) is 0 Å². The number of amides is 2. The van der Waals surface area contributed by atoms with Gasteiger partial charge in [-0.1, -0.05) is 0 Å². The van der Waals surface area contributed by atoms with Crippen LogP contribution in [0.2, 0.25) is 0 Å². The Morgan fingerprint density at radius 1 is 1.40 bits per heavy atom. The van der Waals surface area contributed by atoms with Gasteiger partial charge in [0.05, 0.1) is 13.5 Å². The Hall–Kier alpha value is -1.79. The molecule has 1 rings (SSSR count). The van der Waals surface area contributed by atoms with Crippen LogP contribution in [0.5, 0.6) is 0 Å². The molecule has 1 aliphatic heterocycles. The van der Waals surface area contributed by atoms with Gasteiger partial charge in [-0.3, -0.25) is 9.59 Å². The van der Waals surface area contributed by atoms with Crippen molar-refractivity contribution in [1.29, 1.82) is 0 Å². The molecule has 1 fully saturated rings. The number of nitrogens with zero attached hydrogens (tertiary/aromatic N) is 1. The highest BCUT2D eigenvalue weighted by Gasteiger charge is 2.33. The third-order valence-corrected chi connectivity index (χ3v) is 2.80. The lowest BCUT2D eigenvalue weighted by Gasteiger charge is -2.21. The predicted molar refractivity (Wildman–Crippen MR) is 71.0 cm³/mol. The van der Waals surface area contributed by atoms with Crippen LogP contribution in [-0.4, -0.2) is 54.7 Å². The fourth-order valence-corrected chi connectivity index (χ4v) is 1.87. The maximum Gasteiger partial charge on any atom is 0.408 e. The van der Waals surface area contributed by atoms with E-state index in [9.17, 15) is 14.4 Å². The van der Waals surface area contributed by atoms with Gasteiger partial charge in [0, 0.05) is 13.1 Å². The Kier molecular flexibility index (Phi) is 5.35. The maximum atomic E-state index is 12.0. The highest BCUT2D eigenvalue weighted by molar-refractivity contribution is 5.87. The van der Waals surface area contributed by atoms with Gasteiger partial charge in [0.15, 0.2) is 0 Å². The minimum atomic E-state index is -0.606. The Balaban J connectivity index is 2.42. The number of carbonyl (C=O) groups is 3. The second kappa shape index (κ2) is 6.58. The topological polar surface area (TPSA) is 84.9 Å². The number of alkyl carbamates (subject to hydrolysis) is 1. The van der Waals surface area contributed by atoms with Crippen molar-refractivity contribution >= 4 is 18.0 Å². The van der Waals surface area contributed by atoms with E-state index in [0.29, 0.717) is 19.5 Å². The van der Waals surface area contributed by atoms with E-state index in [0.717, 1.165) is 0 Å². The first-order chi connectivity index (χ1) is 9.23. The molecule has 1 atom stereocenters. The number of rotatable bonds is 4. The van der Waals surface area contributed by atoms with Gasteiger partial charge in [-0.2, -0.15) is 0 Å². The Morgan fingerprint density at radius 3 is 2.60 bits per heavy atom. The number of methoxy groups -OCH3 is 1. The molecule has 1 heterocycles. The van der Waals surface area contributed by atoms with Gasteiger partial charge < -0.3 is 19.7 Å². The standard InChI is InChI=1S/C13H22N2O5/c1-13(2,3)20-12(18)14-9-5-7-15(11(9)17)8-6-10(16)19-4/h9H,5-8H2,1-4H3,(H,14,18)/t9-/m1/s1. The zero-order chi connectivity index (χ0) is 15.3. The fourth-order valence-electron chi connectivity index (χ4n) is 1.87. The molecule has 1 N–H and O–H groups in total. The van der Waals surface area contributed by atoms with Gasteiger partial charge in [0.2, 0.25) is 5.91 Å². The van der Waals surface area contributed by atoms with E-state index in [1.165, 1.54) is 7.11 Å². The number of nitrogens with one attached hydrogen (secondary N) is 1. The number of esters is 1. The van der Waals surface area contributed by atoms with Crippen LogP contribution in [0.25, 0.3) is 0 Å². The zero-order valence-corrected chi connectivity index (χ0v) is 12.4. The summed E-state index contributed by atoms with van der Waals surface area (Å²) in [5.74, 6) is -0.555. The summed E-state index contributed by atoms with van der Waals surface area (Å²) in [6.45, 7) is 6.08. The summed E-state index contributed by atoms with van der Waals surface area (Å²) in [4.78, 5) is 36.2. The summed E-state index contributed by atoms with van der Waals surface area (Å²) in [6.07, 6.45) is 0.0614. The highest BCUT2D eigenvalue weighted by atomic mass is 16.6. The molecule has 7 heteroatoms. The smallest absolute Gasteiger partial charge is 0.408 e. The normalized spacial score (nSPS) is 18.9. The van der Waals surface area contributed by atoms with Crippen LogP contribution in [0.4, 0.5) is 4.79 Å². The van der Waals surface area contributed by atoms with Crippen molar-refractivity contribution in [2.24, 2.45) is 0 Å². The third-order valence-electron chi connectivity index (χ3n) is 2.80. The van der Waals surface area contributed by atoms with E-state index in [2.05, 4.69) is 10.1 Å². The summed E-state index contributed by atoms with van der Waals surface area (Å²) >= 11 is 0. The fraction of sp³-hybridized carbons (Fsp3) is 0.769. The average Bonchev–Trinajstić information content (AvgIpc) is 2.65. The van der Waals surface area contributed by atoms with E-state index in [4.69, 9.17) is 4.74 Å². The lowest BCUT2D eigenvalue weighted by Crippen LogP contribution is -2.44. The van der Waals surface area contributed by atoms with Crippen LogP contribution in [0, 0.1) is 0 Å². The van der Waals surface area contributed by atoms with Crippen LogP contribution in [0.1, 0.15) is 33.6 Å². The summed E-state index contributed by atoms with van der Waals surface area (Å²) in [5, 5.41) is 2.55. The number of likely N-dealkylation sites (tertiary alicyclic amines) is 1. The molecule has 20 heavy (non-hydrogen) atoms. The lowest BCUT2D eigenvalue weighted by atomic mass is 10.2. The van der Waals surface area contributed by atoms with Gasteiger partial charge in [-0.15, -0.1) is 0 Å².